The van der Waals surface area contributed by atoms with Crippen LogP contribution in [0.3, 0.4) is 0 Å². The summed E-state index contributed by atoms with van der Waals surface area (Å²) in [7, 11) is 0. The van der Waals surface area contributed by atoms with Gasteiger partial charge in [-0.1, -0.05) is 17.3 Å². The quantitative estimate of drug-likeness (QED) is 0.717. The van der Waals surface area contributed by atoms with Crippen LogP contribution in [0.2, 0.25) is 0 Å². The van der Waals surface area contributed by atoms with Crippen molar-refractivity contribution in [2.24, 2.45) is 0 Å². The van der Waals surface area contributed by atoms with Crippen LogP contribution in [-0.4, -0.2) is 10.1 Å². The number of halogens is 1. The number of aryl methyl sites for hydroxylation is 1. The molecule has 1 heterocycles. The van der Waals surface area contributed by atoms with E-state index < -0.39 is 5.82 Å². The van der Waals surface area contributed by atoms with Gasteiger partial charge in [0.25, 0.3) is 5.89 Å². The highest BCUT2D eigenvalue weighted by atomic mass is 19.1. The lowest BCUT2D eigenvalue weighted by atomic mass is 10.1. The molecule has 0 bridgehead atoms. The van der Waals surface area contributed by atoms with Crippen molar-refractivity contribution in [2.75, 3.05) is 0 Å². The number of nitrogens with zero attached hydrogens (tertiary/aromatic N) is 3. The summed E-state index contributed by atoms with van der Waals surface area (Å²) in [6.07, 6.45) is 0. The van der Waals surface area contributed by atoms with Gasteiger partial charge in [-0.05, 0) is 42.8 Å². The molecule has 0 saturated heterocycles. The lowest BCUT2D eigenvalue weighted by Gasteiger charge is -2.00. The van der Waals surface area contributed by atoms with Gasteiger partial charge in [-0.2, -0.15) is 10.2 Å². The van der Waals surface area contributed by atoms with Crippen molar-refractivity contribution in [3.05, 3.63) is 59.4 Å². The summed E-state index contributed by atoms with van der Waals surface area (Å²) in [4.78, 5) is 4.23. The third-order valence-electron chi connectivity index (χ3n) is 3.13. The average Bonchev–Trinajstić information content (AvgIpc) is 2.97. The lowest BCUT2D eigenvalue weighted by molar-refractivity contribution is 0.431. The van der Waals surface area contributed by atoms with Gasteiger partial charge in [-0.25, -0.2) is 4.39 Å². The first-order valence-corrected chi connectivity index (χ1v) is 6.29. The van der Waals surface area contributed by atoms with Gasteiger partial charge < -0.3 is 4.52 Å². The van der Waals surface area contributed by atoms with Crippen LogP contribution in [0.15, 0.2) is 47.0 Å². The Labute approximate surface area is 120 Å². The molecule has 1 aromatic heterocycles. The van der Waals surface area contributed by atoms with Crippen LogP contribution in [0, 0.1) is 24.1 Å². The fraction of sp³-hybridized carbons (Fsp3) is 0.0625. The standard InChI is InChI=1S/C16H10FN3O/c1-10-8-11(9-18)6-7-12(10)16-19-15(20-21-16)13-4-2-3-5-14(13)17/h2-8H,1H3. The smallest absolute Gasteiger partial charge is 0.258 e. The predicted molar refractivity (Wildman–Crippen MR) is 74.6 cm³/mol. The molecule has 0 spiro atoms. The molecule has 0 radical (unpaired) electrons. The summed E-state index contributed by atoms with van der Waals surface area (Å²) in [5.41, 5.74) is 2.42. The van der Waals surface area contributed by atoms with Gasteiger partial charge in [-0.3, -0.25) is 0 Å². The maximum absolute atomic E-state index is 13.7. The van der Waals surface area contributed by atoms with Crippen molar-refractivity contribution < 1.29 is 8.91 Å². The monoisotopic (exact) mass is 279 g/mol. The summed E-state index contributed by atoms with van der Waals surface area (Å²) in [5, 5.41) is 12.7. The van der Waals surface area contributed by atoms with Crippen LogP contribution in [0.25, 0.3) is 22.8 Å². The van der Waals surface area contributed by atoms with Crippen LogP contribution in [0.5, 0.6) is 0 Å². The van der Waals surface area contributed by atoms with E-state index in [-0.39, 0.29) is 5.82 Å². The molecule has 4 nitrogen and oxygen atoms in total. The van der Waals surface area contributed by atoms with E-state index in [9.17, 15) is 4.39 Å². The maximum Gasteiger partial charge on any atom is 0.258 e. The fourth-order valence-electron chi connectivity index (χ4n) is 2.06. The van der Waals surface area contributed by atoms with Crippen LogP contribution in [-0.2, 0) is 0 Å². The van der Waals surface area contributed by atoms with E-state index in [0.29, 0.717) is 17.0 Å². The fourth-order valence-corrected chi connectivity index (χ4v) is 2.06. The minimum Gasteiger partial charge on any atom is -0.334 e. The first kappa shape index (κ1) is 13.0. The zero-order valence-electron chi connectivity index (χ0n) is 11.2. The molecule has 5 heteroatoms. The van der Waals surface area contributed by atoms with Crippen LogP contribution >= 0.6 is 0 Å². The van der Waals surface area contributed by atoms with Crippen molar-refractivity contribution in [3.8, 4) is 28.9 Å². The Morgan fingerprint density at radius 2 is 1.95 bits per heavy atom. The molecular formula is C16H10FN3O. The second-order valence-electron chi connectivity index (χ2n) is 4.54. The normalized spacial score (nSPS) is 10.3. The SMILES string of the molecule is Cc1cc(C#N)ccc1-c1nc(-c2ccccc2F)no1. The van der Waals surface area contributed by atoms with Crippen molar-refractivity contribution in [2.45, 2.75) is 6.92 Å². The van der Waals surface area contributed by atoms with E-state index in [1.807, 2.05) is 6.92 Å². The first-order chi connectivity index (χ1) is 10.2. The Morgan fingerprint density at radius 3 is 2.67 bits per heavy atom. The van der Waals surface area contributed by atoms with E-state index in [0.717, 1.165) is 11.1 Å². The zero-order chi connectivity index (χ0) is 14.8. The second-order valence-corrected chi connectivity index (χ2v) is 4.54. The first-order valence-electron chi connectivity index (χ1n) is 6.29. The number of benzene rings is 2. The Bertz CT molecular complexity index is 849. The minimum atomic E-state index is -0.401. The molecule has 3 rings (SSSR count). The number of hydrogen-bond acceptors (Lipinski definition) is 4. The van der Waals surface area contributed by atoms with Gasteiger partial charge in [0, 0.05) is 5.56 Å². The van der Waals surface area contributed by atoms with Crippen molar-refractivity contribution >= 4 is 0 Å². The average molecular weight is 279 g/mol. The molecule has 21 heavy (non-hydrogen) atoms. The summed E-state index contributed by atoms with van der Waals surface area (Å²) in [6.45, 7) is 1.85. The Hall–Kier alpha value is -3.00. The number of nitriles is 1. The lowest BCUT2D eigenvalue weighted by Crippen LogP contribution is -1.87. The third kappa shape index (κ3) is 2.39. The Balaban J connectivity index is 2.03. The molecule has 2 aromatic carbocycles. The molecule has 0 unspecified atom stereocenters. The molecule has 0 N–H and O–H groups in total. The molecule has 0 fully saturated rings. The highest BCUT2D eigenvalue weighted by molar-refractivity contribution is 5.63. The zero-order valence-corrected chi connectivity index (χ0v) is 11.2. The van der Waals surface area contributed by atoms with Gasteiger partial charge >= 0.3 is 0 Å². The van der Waals surface area contributed by atoms with Crippen molar-refractivity contribution in [1.82, 2.24) is 10.1 Å². The minimum absolute atomic E-state index is 0.201. The van der Waals surface area contributed by atoms with Crippen LogP contribution in [0.1, 0.15) is 11.1 Å². The summed E-state index contributed by atoms with van der Waals surface area (Å²) in [5.74, 6) is 0.100. The highest BCUT2D eigenvalue weighted by Gasteiger charge is 2.15. The van der Waals surface area contributed by atoms with E-state index >= 15 is 0 Å². The summed E-state index contributed by atoms with van der Waals surface area (Å²) < 4.78 is 18.9. The van der Waals surface area contributed by atoms with Gasteiger partial charge in [0.2, 0.25) is 5.82 Å². The predicted octanol–water partition coefficient (Wildman–Crippen LogP) is 3.72. The number of rotatable bonds is 2. The molecule has 0 atom stereocenters. The Kier molecular flexibility index (Phi) is 3.20. The van der Waals surface area contributed by atoms with Crippen molar-refractivity contribution in [1.29, 1.82) is 5.26 Å². The Morgan fingerprint density at radius 1 is 1.14 bits per heavy atom. The van der Waals surface area contributed by atoms with Crippen molar-refractivity contribution in [3.63, 3.8) is 0 Å². The summed E-state index contributed by atoms with van der Waals surface area (Å²) in [6, 6.07) is 13.5. The molecule has 102 valence electrons. The third-order valence-corrected chi connectivity index (χ3v) is 3.13. The van der Waals surface area contributed by atoms with E-state index in [4.69, 9.17) is 9.78 Å². The van der Waals surface area contributed by atoms with Gasteiger partial charge in [0.15, 0.2) is 0 Å². The second kappa shape index (κ2) is 5.17. The molecule has 0 amide bonds. The van der Waals surface area contributed by atoms with E-state index in [1.54, 1.807) is 36.4 Å². The van der Waals surface area contributed by atoms with E-state index in [2.05, 4.69) is 16.2 Å². The van der Waals surface area contributed by atoms with Crippen LogP contribution in [0.4, 0.5) is 4.39 Å². The molecule has 0 aliphatic rings. The molecule has 0 aliphatic carbocycles. The molecule has 3 aromatic rings. The summed E-state index contributed by atoms with van der Waals surface area (Å²) >= 11 is 0. The maximum atomic E-state index is 13.7. The number of aromatic nitrogens is 2. The van der Waals surface area contributed by atoms with Gasteiger partial charge in [-0.15, -0.1) is 0 Å². The van der Waals surface area contributed by atoms with Gasteiger partial charge in [0.05, 0.1) is 17.2 Å². The van der Waals surface area contributed by atoms with E-state index in [1.165, 1.54) is 6.07 Å². The number of hydrogen-bond donors (Lipinski definition) is 0. The molecular weight excluding hydrogens is 269 g/mol. The molecule has 0 saturated carbocycles. The highest BCUT2D eigenvalue weighted by Crippen LogP contribution is 2.26. The topological polar surface area (TPSA) is 62.7 Å². The van der Waals surface area contributed by atoms with Crippen LogP contribution < -0.4 is 0 Å². The van der Waals surface area contributed by atoms with Gasteiger partial charge in [0.1, 0.15) is 5.82 Å². The molecule has 0 aliphatic heterocycles. The largest absolute Gasteiger partial charge is 0.334 e.